The summed E-state index contributed by atoms with van der Waals surface area (Å²) in [6.07, 6.45) is 2.93. The van der Waals surface area contributed by atoms with Gasteiger partial charge in [0.25, 0.3) is 0 Å². The van der Waals surface area contributed by atoms with Crippen molar-refractivity contribution >= 4 is 0 Å². The van der Waals surface area contributed by atoms with Crippen molar-refractivity contribution in [2.24, 2.45) is 5.73 Å². The molecule has 0 radical (unpaired) electrons. The second-order valence-corrected chi connectivity index (χ2v) is 5.59. The summed E-state index contributed by atoms with van der Waals surface area (Å²) in [5.74, 6) is 0.389. The van der Waals surface area contributed by atoms with Gasteiger partial charge in [0.2, 0.25) is 0 Å². The topological polar surface area (TPSA) is 78.5 Å². The average Bonchev–Trinajstić information content (AvgIpc) is 2.84. The van der Waals surface area contributed by atoms with E-state index in [2.05, 4.69) is 11.4 Å². The number of nitrogens with two attached hydrogens (primary N) is 1. The molecule has 0 aliphatic heterocycles. The van der Waals surface area contributed by atoms with Crippen LogP contribution < -0.4 is 11.1 Å². The first-order valence-corrected chi connectivity index (χ1v) is 6.63. The molecule has 2 aliphatic rings. The van der Waals surface area contributed by atoms with Crippen LogP contribution in [0.1, 0.15) is 24.0 Å². The van der Waals surface area contributed by atoms with Gasteiger partial charge in [-0.05, 0) is 42.9 Å². The SMILES string of the molecule is N[C@H]1C[C@H](NC2Cc3cccc(O)c3C2)[C@@H](O)C1. The number of phenolic OH excluding ortho intramolecular Hbond substituents is 1. The van der Waals surface area contributed by atoms with E-state index in [4.69, 9.17) is 5.73 Å². The van der Waals surface area contributed by atoms with Crippen molar-refractivity contribution < 1.29 is 10.2 Å². The summed E-state index contributed by atoms with van der Waals surface area (Å²) in [5.41, 5.74) is 8.12. The molecule has 4 nitrogen and oxygen atoms in total. The van der Waals surface area contributed by atoms with E-state index >= 15 is 0 Å². The molecule has 1 aromatic rings. The summed E-state index contributed by atoms with van der Waals surface area (Å²) < 4.78 is 0. The van der Waals surface area contributed by atoms with Gasteiger partial charge in [0, 0.05) is 18.1 Å². The normalized spacial score (nSPS) is 34.8. The number of aliphatic hydroxyl groups excluding tert-OH is 1. The van der Waals surface area contributed by atoms with Gasteiger partial charge in [-0.25, -0.2) is 0 Å². The second kappa shape index (κ2) is 4.53. The van der Waals surface area contributed by atoms with E-state index in [9.17, 15) is 10.2 Å². The molecule has 3 rings (SSSR count). The largest absolute Gasteiger partial charge is 0.508 e. The fourth-order valence-electron chi connectivity index (χ4n) is 3.29. The van der Waals surface area contributed by atoms with E-state index < -0.39 is 0 Å². The molecule has 1 saturated carbocycles. The van der Waals surface area contributed by atoms with Crippen LogP contribution in [-0.2, 0) is 12.8 Å². The maximum Gasteiger partial charge on any atom is 0.119 e. The van der Waals surface area contributed by atoms with Gasteiger partial charge in [-0.15, -0.1) is 0 Å². The molecule has 2 aliphatic carbocycles. The summed E-state index contributed by atoms with van der Waals surface area (Å²) in [5, 5.41) is 23.2. The molecule has 0 saturated heterocycles. The Hall–Kier alpha value is -1.10. The third kappa shape index (κ3) is 2.11. The van der Waals surface area contributed by atoms with E-state index in [1.807, 2.05) is 6.07 Å². The van der Waals surface area contributed by atoms with Gasteiger partial charge in [0.1, 0.15) is 5.75 Å². The fourth-order valence-corrected chi connectivity index (χ4v) is 3.29. The van der Waals surface area contributed by atoms with Crippen LogP contribution in [0.15, 0.2) is 18.2 Å². The van der Waals surface area contributed by atoms with Crippen LogP contribution in [0.2, 0.25) is 0 Å². The molecule has 0 amide bonds. The number of nitrogens with one attached hydrogen (secondary N) is 1. The van der Waals surface area contributed by atoms with Crippen LogP contribution in [-0.4, -0.2) is 34.4 Å². The maximum absolute atomic E-state index is 9.90. The minimum absolute atomic E-state index is 0.0986. The predicted molar refractivity (Wildman–Crippen MR) is 69.4 cm³/mol. The highest BCUT2D eigenvalue weighted by atomic mass is 16.3. The van der Waals surface area contributed by atoms with Crippen molar-refractivity contribution in [3.8, 4) is 5.75 Å². The highest BCUT2D eigenvalue weighted by Crippen LogP contribution is 2.30. The lowest BCUT2D eigenvalue weighted by Crippen LogP contribution is -2.43. The molecule has 1 unspecified atom stereocenters. The third-order valence-electron chi connectivity index (χ3n) is 4.18. The van der Waals surface area contributed by atoms with Gasteiger partial charge in [-0.3, -0.25) is 0 Å². The smallest absolute Gasteiger partial charge is 0.119 e. The molecule has 0 bridgehead atoms. The Bertz CT molecular complexity index is 449. The Balaban J connectivity index is 1.66. The molecule has 5 N–H and O–H groups in total. The molecule has 1 aromatic carbocycles. The Labute approximate surface area is 107 Å². The number of hydrogen-bond donors (Lipinski definition) is 4. The number of fused-ring (bicyclic) bond motifs is 1. The van der Waals surface area contributed by atoms with Crippen molar-refractivity contribution in [3.63, 3.8) is 0 Å². The van der Waals surface area contributed by atoms with Crippen LogP contribution in [0.5, 0.6) is 5.75 Å². The van der Waals surface area contributed by atoms with E-state index in [-0.39, 0.29) is 18.2 Å². The van der Waals surface area contributed by atoms with Gasteiger partial charge >= 0.3 is 0 Å². The molecular weight excluding hydrogens is 228 g/mol. The third-order valence-corrected chi connectivity index (χ3v) is 4.18. The monoisotopic (exact) mass is 248 g/mol. The lowest BCUT2D eigenvalue weighted by Gasteiger charge is -2.21. The molecule has 0 aromatic heterocycles. The highest BCUT2D eigenvalue weighted by Gasteiger charge is 2.34. The lowest BCUT2D eigenvalue weighted by molar-refractivity contribution is 0.142. The Kier molecular flexibility index (Phi) is 3.01. The number of phenols is 1. The fraction of sp³-hybridized carbons (Fsp3) is 0.571. The maximum atomic E-state index is 9.90. The number of hydrogen-bond acceptors (Lipinski definition) is 4. The van der Waals surface area contributed by atoms with Gasteiger partial charge in [-0.1, -0.05) is 12.1 Å². The number of benzene rings is 1. The molecule has 18 heavy (non-hydrogen) atoms. The minimum atomic E-state index is -0.336. The molecular formula is C14H20N2O2. The zero-order valence-electron chi connectivity index (χ0n) is 10.3. The number of aromatic hydroxyl groups is 1. The lowest BCUT2D eigenvalue weighted by atomic mass is 10.1. The molecule has 0 spiro atoms. The quantitative estimate of drug-likeness (QED) is 0.607. The van der Waals surface area contributed by atoms with Crippen LogP contribution in [0.25, 0.3) is 0 Å². The van der Waals surface area contributed by atoms with Crippen molar-refractivity contribution in [2.75, 3.05) is 0 Å². The predicted octanol–water partition coefficient (Wildman–Crippen LogP) is 0.300. The first-order chi connectivity index (χ1) is 8.63. The molecule has 0 heterocycles. The average molecular weight is 248 g/mol. The Morgan fingerprint density at radius 1 is 1.22 bits per heavy atom. The summed E-state index contributed by atoms with van der Waals surface area (Å²) in [7, 11) is 0. The highest BCUT2D eigenvalue weighted by molar-refractivity contribution is 5.43. The first-order valence-electron chi connectivity index (χ1n) is 6.63. The van der Waals surface area contributed by atoms with Crippen molar-refractivity contribution in [1.29, 1.82) is 0 Å². The Morgan fingerprint density at radius 2 is 2.06 bits per heavy atom. The standard InChI is InChI=1S/C14H20N2O2/c15-9-5-12(14(18)6-9)16-10-4-8-2-1-3-13(17)11(8)7-10/h1-3,9-10,12,14,16-18H,4-7,15H2/t9-,10?,12-,14-/m0/s1. The van der Waals surface area contributed by atoms with Crippen LogP contribution in [0.4, 0.5) is 0 Å². The summed E-state index contributed by atoms with van der Waals surface area (Å²) in [6.45, 7) is 0. The molecule has 98 valence electrons. The van der Waals surface area contributed by atoms with E-state index in [0.29, 0.717) is 18.2 Å². The van der Waals surface area contributed by atoms with E-state index in [0.717, 1.165) is 24.8 Å². The van der Waals surface area contributed by atoms with Crippen molar-refractivity contribution in [3.05, 3.63) is 29.3 Å². The van der Waals surface area contributed by atoms with Gasteiger partial charge in [0.05, 0.1) is 6.10 Å². The van der Waals surface area contributed by atoms with Crippen molar-refractivity contribution in [1.82, 2.24) is 5.32 Å². The summed E-state index contributed by atoms with van der Waals surface area (Å²) in [4.78, 5) is 0. The Morgan fingerprint density at radius 3 is 2.72 bits per heavy atom. The second-order valence-electron chi connectivity index (χ2n) is 5.59. The summed E-state index contributed by atoms with van der Waals surface area (Å²) >= 11 is 0. The van der Waals surface area contributed by atoms with Crippen LogP contribution >= 0.6 is 0 Å². The molecule has 1 fully saturated rings. The number of aliphatic hydroxyl groups is 1. The van der Waals surface area contributed by atoms with E-state index in [1.54, 1.807) is 6.07 Å². The first kappa shape index (κ1) is 12.0. The minimum Gasteiger partial charge on any atom is -0.508 e. The van der Waals surface area contributed by atoms with Gasteiger partial charge in [0.15, 0.2) is 0 Å². The van der Waals surface area contributed by atoms with E-state index in [1.165, 1.54) is 5.56 Å². The van der Waals surface area contributed by atoms with Crippen LogP contribution in [0.3, 0.4) is 0 Å². The zero-order valence-corrected chi connectivity index (χ0v) is 10.3. The zero-order chi connectivity index (χ0) is 12.7. The molecule has 4 atom stereocenters. The molecule has 4 heteroatoms. The van der Waals surface area contributed by atoms with Crippen LogP contribution in [0, 0.1) is 0 Å². The summed E-state index contributed by atoms with van der Waals surface area (Å²) in [6, 6.07) is 6.20. The van der Waals surface area contributed by atoms with Gasteiger partial charge in [-0.2, -0.15) is 0 Å². The van der Waals surface area contributed by atoms with Gasteiger partial charge < -0.3 is 21.3 Å². The number of rotatable bonds is 2. The van der Waals surface area contributed by atoms with Crippen molar-refractivity contribution in [2.45, 2.75) is 49.9 Å².